The van der Waals surface area contributed by atoms with Crippen molar-refractivity contribution in [2.24, 2.45) is 5.92 Å². The summed E-state index contributed by atoms with van der Waals surface area (Å²) < 4.78 is 1.91. The molecule has 3 rings (SSSR count). The molecule has 0 unspecified atom stereocenters. The molecular formula is C24H25N3O2. The number of carboxylic acid groups (broad SMARTS) is 1. The van der Waals surface area contributed by atoms with Crippen molar-refractivity contribution in [2.45, 2.75) is 39.7 Å². The van der Waals surface area contributed by atoms with Crippen molar-refractivity contribution < 1.29 is 9.90 Å². The number of aromatic nitrogens is 3. The molecule has 148 valence electrons. The summed E-state index contributed by atoms with van der Waals surface area (Å²) in [6, 6.07) is 15.0. The van der Waals surface area contributed by atoms with Gasteiger partial charge in [-0.2, -0.15) is 5.10 Å². The zero-order chi connectivity index (χ0) is 20.8. The van der Waals surface area contributed by atoms with Crippen LogP contribution in [-0.2, 0) is 19.4 Å². The van der Waals surface area contributed by atoms with Crippen molar-refractivity contribution in [1.29, 1.82) is 0 Å². The molecule has 5 nitrogen and oxygen atoms in total. The molecule has 0 aliphatic heterocycles. The maximum atomic E-state index is 11.5. The van der Waals surface area contributed by atoms with Gasteiger partial charge in [-0.3, -0.25) is 0 Å². The number of aryl methyl sites for hydroxylation is 1. The van der Waals surface area contributed by atoms with Crippen LogP contribution in [0, 0.1) is 18.3 Å². The molecule has 0 fully saturated rings. The number of rotatable bonds is 8. The van der Waals surface area contributed by atoms with E-state index in [1.807, 2.05) is 41.1 Å². The topological polar surface area (TPSA) is 68.0 Å². The molecule has 3 aromatic rings. The number of benzene rings is 2. The number of carbonyl (C=O) groups is 1. The van der Waals surface area contributed by atoms with Crippen LogP contribution in [-0.4, -0.2) is 25.8 Å². The van der Waals surface area contributed by atoms with Crippen LogP contribution < -0.4 is 0 Å². The molecule has 0 bridgehead atoms. The molecule has 0 aliphatic carbocycles. The fraction of sp³-hybridized carbons (Fsp3) is 0.292. The van der Waals surface area contributed by atoms with Gasteiger partial charge in [0.1, 0.15) is 5.82 Å². The van der Waals surface area contributed by atoms with E-state index in [1.165, 1.54) is 0 Å². The van der Waals surface area contributed by atoms with E-state index in [9.17, 15) is 9.90 Å². The second kappa shape index (κ2) is 9.20. The van der Waals surface area contributed by atoms with Crippen LogP contribution in [0.1, 0.15) is 47.8 Å². The van der Waals surface area contributed by atoms with Crippen LogP contribution in [0.5, 0.6) is 0 Å². The minimum Gasteiger partial charge on any atom is -0.478 e. The van der Waals surface area contributed by atoms with Gasteiger partial charge >= 0.3 is 5.97 Å². The zero-order valence-corrected chi connectivity index (χ0v) is 16.8. The first kappa shape index (κ1) is 20.3. The Morgan fingerprint density at radius 2 is 1.90 bits per heavy atom. The monoisotopic (exact) mass is 387 g/mol. The predicted molar refractivity (Wildman–Crippen MR) is 114 cm³/mol. The SMILES string of the molecule is C#CCCn1nc(CC(C)C)nc1Cc1ccc(-c2ccccc2C(=O)O)cc1. The quantitative estimate of drug-likeness (QED) is 0.580. The van der Waals surface area contributed by atoms with Crippen LogP contribution >= 0.6 is 0 Å². The van der Waals surface area contributed by atoms with Crippen molar-refractivity contribution >= 4 is 5.97 Å². The minimum absolute atomic E-state index is 0.299. The lowest BCUT2D eigenvalue weighted by Gasteiger charge is -2.08. The molecule has 1 heterocycles. The highest BCUT2D eigenvalue weighted by Crippen LogP contribution is 2.24. The average Bonchev–Trinajstić information content (AvgIpc) is 3.07. The Hall–Kier alpha value is -3.39. The highest BCUT2D eigenvalue weighted by atomic mass is 16.4. The lowest BCUT2D eigenvalue weighted by atomic mass is 9.98. The van der Waals surface area contributed by atoms with Crippen LogP contribution in [0.15, 0.2) is 48.5 Å². The molecule has 1 N–H and O–H groups in total. The number of carboxylic acids is 1. The summed E-state index contributed by atoms with van der Waals surface area (Å²) in [7, 11) is 0. The Labute approximate surface area is 171 Å². The molecule has 0 spiro atoms. The van der Waals surface area contributed by atoms with Gasteiger partial charge in [0.15, 0.2) is 5.82 Å². The smallest absolute Gasteiger partial charge is 0.336 e. The standard InChI is InChI=1S/C24H25N3O2/c1-4-5-14-27-23(25-22(26-27)15-17(2)3)16-18-10-12-19(13-11-18)20-8-6-7-9-21(20)24(28)29/h1,6-13,17H,5,14-16H2,2-3H3,(H,28,29). The van der Waals surface area contributed by atoms with Gasteiger partial charge < -0.3 is 5.11 Å². The maximum absolute atomic E-state index is 11.5. The first-order valence-electron chi connectivity index (χ1n) is 9.75. The Morgan fingerprint density at radius 3 is 2.55 bits per heavy atom. The summed E-state index contributed by atoms with van der Waals surface area (Å²) in [5, 5.41) is 14.0. The van der Waals surface area contributed by atoms with Gasteiger partial charge in [0.2, 0.25) is 0 Å². The number of aromatic carboxylic acids is 1. The average molecular weight is 387 g/mol. The largest absolute Gasteiger partial charge is 0.478 e. The number of hydrogen-bond donors (Lipinski definition) is 1. The van der Waals surface area contributed by atoms with E-state index in [0.717, 1.165) is 29.2 Å². The second-order valence-corrected chi connectivity index (χ2v) is 7.44. The van der Waals surface area contributed by atoms with Crippen LogP contribution in [0.2, 0.25) is 0 Å². The van der Waals surface area contributed by atoms with Gasteiger partial charge in [-0.15, -0.1) is 12.3 Å². The summed E-state index contributed by atoms with van der Waals surface area (Å²) in [4.78, 5) is 16.2. The van der Waals surface area contributed by atoms with Crippen molar-refractivity contribution in [3.63, 3.8) is 0 Å². The highest BCUT2D eigenvalue weighted by molar-refractivity contribution is 5.95. The van der Waals surface area contributed by atoms with Crippen LogP contribution in [0.4, 0.5) is 0 Å². The van der Waals surface area contributed by atoms with E-state index in [4.69, 9.17) is 11.4 Å². The first-order chi connectivity index (χ1) is 14.0. The predicted octanol–water partition coefficient (Wildman–Crippen LogP) is 4.46. The van der Waals surface area contributed by atoms with Crippen molar-refractivity contribution in [3.05, 3.63) is 71.3 Å². The molecular weight excluding hydrogens is 362 g/mol. The molecule has 0 amide bonds. The Morgan fingerprint density at radius 1 is 1.17 bits per heavy atom. The van der Waals surface area contributed by atoms with Gasteiger partial charge in [-0.05, 0) is 28.7 Å². The first-order valence-corrected chi connectivity index (χ1v) is 9.75. The maximum Gasteiger partial charge on any atom is 0.336 e. The van der Waals surface area contributed by atoms with Gasteiger partial charge in [-0.1, -0.05) is 56.3 Å². The Bertz CT molecular complexity index is 1030. The summed E-state index contributed by atoms with van der Waals surface area (Å²) in [6.07, 6.45) is 7.52. The van der Waals surface area contributed by atoms with E-state index in [2.05, 4.69) is 24.9 Å². The third-order valence-electron chi connectivity index (χ3n) is 4.64. The molecule has 2 aromatic carbocycles. The van der Waals surface area contributed by atoms with Gasteiger partial charge in [-0.25, -0.2) is 14.5 Å². The Balaban J connectivity index is 1.84. The number of terminal acetylenes is 1. The van der Waals surface area contributed by atoms with Gasteiger partial charge in [0, 0.05) is 19.3 Å². The zero-order valence-electron chi connectivity index (χ0n) is 16.8. The second-order valence-electron chi connectivity index (χ2n) is 7.44. The van der Waals surface area contributed by atoms with Crippen molar-refractivity contribution in [3.8, 4) is 23.5 Å². The molecule has 0 aliphatic rings. The fourth-order valence-electron chi connectivity index (χ4n) is 3.26. The van der Waals surface area contributed by atoms with E-state index in [-0.39, 0.29) is 0 Å². The molecule has 0 saturated heterocycles. The third kappa shape index (κ3) is 5.11. The Kier molecular flexibility index (Phi) is 6.46. The molecule has 0 saturated carbocycles. The summed E-state index contributed by atoms with van der Waals surface area (Å²) >= 11 is 0. The van der Waals surface area contributed by atoms with Crippen LogP contribution in [0.3, 0.4) is 0 Å². The highest BCUT2D eigenvalue weighted by Gasteiger charge is 2.13. The molecule has 1 aromatic heterocycles. The summed E-state index contributed by atoms with van der Waals surface area (Å²) in [5.41, 5.74) is 2.98. The van der Waals surface area contributed by atoms with Gasteiger partial charge in [0.05, 0.1) is 12.1 Å². The summed E-state index contributed by atoms with van der Waals surface area (Å²) in [6.45, 7) is 4.95. The van der Waals surface area contributed by atoms with Crippen molar-refractivity contribution in [1.82, 2.24) is 14.8 Å². The van der Waals surface area contributed by atoms with E-state index >= 15 is 0 Å². The van der Waals surface area contributed by atoms with E-state index < -0.39 is 5.97 Å². The minimum atomic E-state index is -0.927. The molecule has 0 radical (unpaired) electrons. The normalized spacial score (nSPS) is 10.8. The lowest BCUT2D eigenvalue weighted by molar-refractivity contribution is 0.0697. The van der Waals surface area contributed by atoms with Crippen LogP contribution in [0.25, 0.3) is 11.1 Å². The lowest BCUT2D eigenvalue weighted by Crippen LogP contribution is -2.06. The number of nitrogens with zero attached hydrogens (tertiary/aromatic N) is 3. The molecule has 5 heteroatoms. The molecule has 0 atom stereocenters. The molecule has 29 heavy (non-hydrogen) atoms. The fourth-order valence-corrected chi connectivity index (χ4v) is 3.26. The summed E-state index contributed by atoms with van der Waals surface area (Å²) in [5.74, 6) is 3.96. The third-order valence-corrected chi connectivity index (χ3v) is 4.64. The van der Waals surface area contributed by atoms with Gasteiger partial charge in [0.25, 0.3) is 0 Å². The number of hydrogen-bond acceptors (Lipinski definition) is 3. The van der Waals surface area contributed by atoms with E-state index in [1.54, 1.807) is 12.1 Å². The van der Waals surface area contributed by atoms with E-state index in [0.29, 0.717) is 36.4 Å². The van der Waals surface area contributed by atoms with Crippen molar-refractivity contribution in [2.75, 3.05) is 0 Å².